The molecule has 19 heavy (non-hydrogen) atoms. The zero-order valence-corrected chi connectivity index (χ0v) is 14.2. The lowest BCUT2D eigenvalue weighted by atomic mass is 10.1. The molecule has 110 valence electrons. The second-order valence-electron chi connectivity index (χ2n) is 4.39. The predicted molar refractivity (Wildman–Crippen MR) is 76.2 cm³/mol. The van der Waals surface area contributed by atoms with Gasteiger partial charge in [0, 0.05) is 11.6 Å². The second kappa shape index (κ2) is 6.53. The van der Waals surface area contributed by atoms with Crippen LogP contribution in [-0.4, -0.2) is 25.3 Å². The molecule has 2 unspecified atom stereocenters. The molecule has 1 rings (SSSR count). The third-order valence-corrected chi connectivity index (χ3v) is 6.71. The summed E-state index contributed by atoms with van der Waals surface area (Å²) in [5.74, 6) is -0.564. The van der Waals surface area contributed by atoms with Crippen molar-refractivity contribution in [2.75, 3.05) is 13.7 Å². The lowest BCUT2D eigenvalue weighted by molar-refractivity contribution is -0.156. The van der Waals surface area contributed by atoms with E-state index in [1.54, 1.807) is 13.8 Å². The highest BCUT2D eigenvalue weighted by Gasteiger charge is 2.55. The number of carbonyl (C=O) groups is 1. The van der Waals surface area contributed by atoms with E-state index in [0.29, 0.717) is 16.2 Å². The van der Waals surface area contributed by atoms with Gasteiger partial charge in [0.2, 0.25) is 5.60 Å². The molecule has 7 heteroatoms. The van der Waals surface area contributed by atoms with Gasteiger partial charge in [0.25, 0.3) is 0 Å². The van der Waals surface area contributed by atoms with Crippen molar-refractivity contribution in [3.8, 4) is 0 Å². The Morgan fingerprint density at radius 1 is 1.47 bits per heavy atom. The SMILES string of the molecule is CCCCC1=C(Br)C(C)(C(=O)OCC)OP1(=O)OC. The van der Waals surface area contributed by atoms with Crippen LogP contribution in [0, 0.1) is 0 Å². The first-order valence-corrected chi connectivity index (χ1v) is 8.62. The number of allylic oxidation sites excluding steroid dienone is 1. The minimum Gasteiger partial charge on any atom is -0.464 e. The number of rotatable bonds is 6. The van der Waals surface area contributed by atoms with Crippen molar-refractivity contribution in [2.24, 2.45) is 0 Å². The molecule has 1 aliphatic rings. The summed E-state index contributed by atoms with van der Waals surface area (Å²) in [5, 5.41) is 0.535. The van der Waals surface area contributed by atoms with Crippen LogP contribution in [0.3, 0.4) is 0 Å². The van der Waals surface area contributed by atoms with Crippen molar-refractivity contribution in [2.45, 2.75) is 45.6 Å². The molecule has 0 aromatic heterocycles. The molecular weight excluding hydrogens is 335 g/mol. The lowest BCUT2D eigenvalue weighted by Crippen LogP contribution is -2.37. The Morgan fingerprint density at radius 3 is 2.58 bits per heavy atom. The van der Waals surface area contributed by atoms with E-state index in [1.165, 1.54) is 7.11 Å². The van der Waals surface area contributed by atoms with Crippen LogP contribution in [0.5, 0.6) is 0 Å². The average molecular weight is 355 g/mol. The fourth-order valence-electron chi connectivity index (χ4n) is 1.87. The first-order valence-electron chi connectivity index (χ1n) is 6.29. The van der Waals surface area contributed by atoms with Crippen LogP contribution >= 0.6 is 23.5 Å². The van der Waals surface area contributed by atoms with Gasteiger partial charge >= 0.3 is 13.6 Å². The van der Waals surface area contributed by atoms with Crippen LogP contribution < -0.4 is 0 Å². The fraction of sp³-hybridized carbons (Fsp3) is 0.750. The summed E-state index contributed by atoms with van der Waals surface area (Å²) in [6.45, 7) is 5.52. The molecule has 0 spiro atoms. The van der Waals surface area contributed by atoms with Gasteiger partial charge in [-0.25, -0.2) is 4.79 Å². The molecule has 0 aromatic carbocycles. The summed E-state index contributed by atoms with van der Waals surface area (Å²) in [4.78, 5) is 12.0. The summed E-state index contributed by atoms with van der Waals surface area (Å²) in [6.07, 6.45) is 2.36. The van der Waals surface area contributed by atoms with E-state index in [4.69, 9.17) is 13.8 Å². The monoisotopic (exact) mass is 354 g/mol. The van der Waals surface area contributed by atoms with Gasteiger partial charge < -0.3 is 9.26 Å². The lowest BCUT2D eigenvalue weighted by Gasteiger charge is -2.22. The van der Waals surface area contributed by atoms with Crippen molar-refractivity contribution in [1.29, 1.82) is 0 Å². The highest BCUT2D eigenvalue weighted by Crippen LogP contribution is 2.68. The zero-order valence-electron chi connectivity index (χ0n) is 11.7. The topological polar surface area (TPSA) is 61.8 Å². The molecule has 0 aliphatic carbocycles. The number of hydrogen-bond acceptors (Lipinski definition) is 5. The number of hydrogen-bond donors (Lipinski definition) is 0. The summed E-state index contributed by atoms with van der Waals surface area (Å²) in [6, 6.07) is 0. The Labute approximate surface area is 122 Å². The van der Waals surface area contributed by atoms with Gasteiger partial charge in [0.15, 0.2) is 0 Å². The van der Waals surface area contributed by atoms with Gasteiger partial charge in [0.1, 0.15) is 0 Å². The van der Waals surface area contributed by atoms with E-state index < -0.39 is 19.2 Å². The first kappa shape index (κ1) is 16.9. The fourth-order valence-corrected chi connectivity index (χ4v) is 5.02. The predicted octanol–water partition coefficient (Wildman–Crippen LogP) is 3.97. The highest BCUT2D eigenvalue weighted by atomic mass is 79.9. The van der Waals surface area contributed by atoms with E-state index in [1.807, 2.05) is 6.92 Å². The van der Waals surface area contributed by atoms with E-state index in [-0.39, 0.29) is 6.61 Å². The van der Waals surface area contributed by atoms with Gasteiger partial charge in [0.05, 0.1) is 11.9 Å². The van der Waals surface area contributed by atoms with Crippen molar-refractivity contribution in [1.82, 2.24) is 0 Å². The molecule has 0 saturated carbocycles. The quantitative estimate of drug-likeness (QED) is 0.533. The Bertz CT molecular complexity index is 434. The van der Waals surface area contributed by atoms with Gasteiger partial charge in [-0.3, -0.25) is 9.09 Å². The van der Waals surface area contributed by atoms with Crippen molar-refractivity contribution >= 4 is 29.5 Å². The third-order valence-electron chi connectivity index (χ3n) is 2.98. The Balaban J connectivity index is 3.16. The molecule has 0 N–H and O–H groups in total. The van der Waals surface area contributed by atoms with E-state index in [9.17, 15) is 9.36 Å². The molecule has 0 aromatic rings. The minimum atomic E-state index is -3.41. The molecule has 0 radical (unpaired) electrons. The van der Waals surface area contributed by atoms with Gasteiger partial charge in [-0.05, 0) is 26.7 Å². The Morgan fingerprint density at radius 2 is 2.11 bits per heavy atom. The second-order valence-corrected chi connectivity index (χ2v) is 7.26. The van der Waals surface area contributed by atoms with Crippen molar-refractivity contribution in [3.63, 3.8) is 0 Å². The maximum atomic E-state index is 12.6. The van der Waals surface area contributed by atoms with Crippen LogP contribution in [0.15, 0.2) is 9.80 Å². The Hall–Kier alpha value is -0.160. The Kier molecular flexibility index (Phi) is 5.80. The zero-order chi connectivity index (χ0) is 14.7. The first-order chi connectivity index (χ1) is 8.85. The molecule has 0 bridgehead atoms. The van der Waals surface area contributed by atoms with E-state index >= 15 is 0 Å². The summed E-state index contributed by atoms with van der Waals surface area (Å²) in [5.41, 5.74) is -1.38. The van der Waals surface area contributed by atoms with Crippen LogP contribution in [0.2, 0.25) is 0 Å². The largest absolute Gasteiger partial charge is 0.464 e. The third kappa shape index (κ3) is 3.13. The van der Waals surface area contributed by atoms with Gasteiger partial charge in [-0.2, -0.15) is 0 Å². The molecule has 0 amide bonds. The minimum absolute atomic E-state index is 0.236. The average Bonchev–Trinajstić information content (AvgIpc) is 2.57. The van der Waals surface area contributed by atoms with E-state index in [0.717, 1.165) is 12.8 Å². The van der Waals surface area contributed by atoms with E-state index in [2.05, 4.69) is 15.9 Å². The van der Waals surface area contributed by atoms with Crippen LogP contribution in [0.1, 0.15) is 40.0 Å². The summed E-state index contributed by atoms with van der Waals surface area (Å²) >= 11 is 3.35. The van der Waals surface area contributed by atoms with Gasteiger partial charge in [-0.15, -0.1) is 0 Å². The van der Waals surface area contributed by atoms with Crippen molar-refractivity contribution in [3.05, 3.63) is 9.80 Å². The molecule has 1 heterocycles. The van der Waals surface area contributed by atoms with Crippen LogP contribution in [-0.2, 0) is 23.1 Å². The number of carbonyl (C=O) groups excluding carboxylic acids is 1. The van der Waals surface area contributed by atoms with Crippen molar-refractivity contribution < 1.29 is 23.1 Å². The number of esters is 1. The summed E-state index contributed by atoms with van der Waals surface area (Å²) in [7, 11) is -2.09. The smallest absolute Gasteiger partial charge is 0.359 e. The molecule has 2 atom stereocenters. The maximum Gasteiger partial charge on any atom is 0.359 e. The number of ether oxygens (including phenoxy) is 1. The molecule has 5 nitrogen and oxygen atoms in total. The van der Waals surface area contributed by atoms with Crippen LogP contribution in [0.25, 0.3) is 0 Å². The van der Waals surface area contributed by atoms with Crippen LogP contribution in [0.4, 0.5) is 0 Å². The molecular formula is C12H20BrO5P. The molecule has 1 aliphatic heterocycles. The standard InChI is InChI=1S/C12H20BrO5P/c1-5-7-8-9-10(13)12(3,11(14)17-6-2)18-19(9,15)16-4/h5-8H2,1-4H3. The number of unbranched alkanes of at least 4 members (excludes halogenated alkanes) is 1. The normalized spacial score (nSPS) is 30.8. The molecule has 0 saturated heterocycles. The molecule has 0 fully saturated rings. The van der Waals surface area contributed by atoms with Gasteiger partial charge in [-0.1, -0.05) is 29.3 Å². The maximum absolute atomic E-state index is 12.6. The highest BCUT2D eigenvalue weighted by molar-refractivity contribution is 9.12. The number of halogens is 1. The summed E-state index contributed by atoms with van der Waals surface area (Å²) < 4.78 is 28.6.